The fourth-order valence-corrected chi connectivity index (χ4v) is 5.62. The van der Waals surface area contributed by atoms with Crippen LogP contribution in [-0.2, 0) is 4.74 Å². The third-order valence-electron chi connectivity index (χ3n) is 7.50. The number of aromatic nitrogens is 4. The zero-order valence-corrected chi connectivity index (χ0v) is 20.3. The van der Waals surface area contributed by atoms with Crippen LogP contribution in [0.15, 0.2) is 24.5 Å². The van der Waals surface area contributed by atoms with Crippen molar-refractivity contribution < 1.29 is 23.0 Å². The lowest BCUT2D eigenvalue weighted by atomic mass is 9.84. The maximum atomic E-state index is 15.4. The summed E-state index contributed by atoms with van der Waals surface area (Å²) < 4.78 is 48.7. The molecule has 1 aromatic carbocycles. The van der Waals surface area contributed by atoms with E-state index < -0.39 is 24.2 Å². The van der Waals surface area contributed by atoms with Crippen molar-refractivity contribution in [3.05, 3.63) is 40.8 Å². The van der Waals surface area contributed by atoms with Gasteiger partial charge in [0.2, 0.25) is 5.95 Å². The van der Waals surface area contributed by atoms with E-state index >= 15 is 4.39 Å². The molecule has 2 saturated heterocycles. The second-order valence-corrected chi connectivity index (χ2v) is 10.3. The van der Waals surface area contributed by atoms with E-state index in [0.29, 0.717) is 37.4 Å². The molecule has 36 heavy (non-hydrogen) atoms. The molecule has 1 saturated carbocycles. The first-order chi connectivity index (χ1) is 17.2. The molecule has 192 valence electrons. The van der Waals surface area contributed by atoms with Crippen LogP contribution in [0.4, 0.5) is 24.8 Å². The van der Waals surface area contributed by atoms with E-state index in [1.807, 2.05) is 24.0 Å². The summed E-state index contributed by atoms with van der Waals surface area (Å²) in [6.07, 6.45) is 1.69. The third kappa shape index (κ3) is 4.21. The van der Waals surface area contributed by atoms with Gasteiger partial charge in [-0.25, -0.2) is 27.8 Å². The number of rotatable bonds is 5. The van der Waals surface area contributed by atoms with Gasteiger partial charge in [0.25, 0.3) is 5.92 Å². The second-order valence-electron chi connectivity index (χ2n) is 9.94. The Labute approximate surface area is 210 Å². The molecule has 2 aromatic heterocycles. The van der Waals surface area contributed by atoms with Crippen LogP contribution in [0.2, 0.25) is 5.15 Å². The molecule has 3 fully saturated rings. The number of nitrogens with zero attached hydrogens (tertiary/aromatic N) is 5. The number of hydrogen-bond acceptors (Lipinski definition) is 7. The number of alkyl halides is 3. The molecular formula is C24H26ClF3N6O2. The molecule has 4 heterocycles. The van der Waals surface area contributed by atoms with E-state index in [1.54, 1.807) is 6.20 Å². The highest BCUT2D eigenvalue weighted by Crippen LogP contribution is 2.53. The Morgan fingerprint density at radius 2 is 2.06 bits per heavy atom. The predicted molar refractivity (Wildman–Crippen MR) is 128 cm³/mol. The first-order valence-corrected chi connectivity index (χ1v) is 12.4. The Balaban J connectivity index is 1.22. The van der Waals surface area contributed by atoms with Gasteiger partial charge in [-0.2, -0.15) is 5.10 Å². The largest absolute Gasteiger partial charge is 0.389 e. The molecule has 8 nitrogen and oxygen atoms in total. The van der Waals surface area contributed by atoms with Gasteiger partial charge in [0.05, 0.1) is 42.8 Å². The summed E-state index contributed by atoms with van der Waals surface area (Å²) in [7, 11) is 0. The molecule has 3 aliphatic rings. The molecule has 1 aliphatic carbocycles. The van der Waals surface area contributed by atoms with Crippen LogP contribution in [0, 0.1) is 6.92 Å². The number of hydrogen-bond donors (Lipinski definition) is 2. The minimum absolute atomic E-state index is 0.0651. The van der Waals surface area contributed by atoms with Gasteiger partial charge in [-0.05, 0) is 43.1 Å². The summed E-state index contributed by atoms with van der Waals surface area (Å²) in [5, 5.41) is 17.9. The maximum Gasteiger partial charge on any atom is 0.272 e. The standard InChI is InChI=1S/C24H26ClF3N6O2/c1-12-4-13-7-29-23(32-18-8-30-34(22(18)25)21-6-24(21,27)28)31-17(13)5-15(12)14-2-3-33(9-16(14)26)19-10-36-11-20(19)35/h4-5,7-8,14,16,19-21,35H,2-3,6,9-11H2,1H3,(H,29,31,32)/t14-,16+,19?,20?,21?/m1/s1. The van der Waals surface area contributed by atoms with Crippen LogP contribution in [0.5, 0.6) is 0 Å². The minimum atomic E-state index is -2.80. The fourth-order valence-electron chi connectivity index (χ4n) is 5.36. The highest BCUT2D eigenvalue weighted by Gasteiger charge is 2.59. The summed E-state index contributed by atoms with van der Waals surface area (Å²) in [4.78, 5) is 10.9. The Kier molecular flexibility index (Phi) is 5.86. The monoisotopic (exact) mass is 522 g/mol. The summed E-state index contributed by atoms with van der Waals surface area (Å²) in [6, 6.07) is 2.65. The molecule has 2 N–H and O–H groups in total. The Morgan fingerprint density at radius 1 is 1.25 bits per heavy atom. The third-order valence-corrected chi connectivity index (χ3v) is 7.88. The number of halogens is 4. The normalized spacial score (nSPS) is 30.1. The zero-order valence-electron chi connectivity index (χ0n) is 19.5. The van der Waals surface area contributed by atoms with Gasteiger partial charge in [-0.15, -0.1) is 0 Å². The molecule has 0 spiro atoms. The van der Waals surface area contributed by atoms with Crippen molar-refractivity contribution in [2.75, 3.05) is 31.6 Å². The van der Waals surface area contributed by atoms with Crippen molar-refractivity contribution in [3.63, 3.8) is 0 Å². The lowest BCUT2D eigenvalue weighted by Crippen LogP contribution is -2.50. The summed E-state index contributed by atoms with van der Waals surface area (Å²) >= 11 is 6.27. The molecule has 0 amide bonds. The van der Waals surface area contributed by atoms with Crippen molar-refractivity contribution in [3.8, 4) is 0 Å². The molecule has 0 radical (unpaired) electrons. The minimum Gasteiger partial charge on any atom is -0.389 e. The molecule has 3 unspecified atom stereocenters. The molecule has 5 atom stereocenters. The number of aliphatic hydroxyl groups excluding tert-OH is 1. The average Bonchev–Trinajstić information content (AvgIpc) is 3.12. The van der Waals surface area contributed by atoms with E-state index in [2.05, 4.69) is 20.4 Å². The van der Waals surface area contributed by atoms with Crippen molar-refractivity contribution in [1.29, 1.82) is 0 Å². The summed E-state index contributed by atoms with van der Waals surface area (Å²) in [5.74, 6) is -2.84. The first kappa shape index (κ1) is 23.9. The lowest BCUT2D eigenvalue weighted by molar-refractivity contribution is 0.0352. The van der Waals surface area contributed by atoms with Gasteiger partial charge in [0.1, 0.15) is 12.2 Å². The smallest absolute Gasteiger partial charge is 0.272 e. The fraction of sp³-hybridized carbons (Fsp3) is 0.542. The van der Waals surface area contributed by atoms with Crippen LogP contribution >= 0.6 is 11.6 Å². The van der Waals surface area contributed by atoms with Crippen LogP contribution in [0.1, 0.15) is 35.9 Å². The number of ether oxygens (including phenoxy) is 1. The van der Waals surface area contributed by atoms with Gasteiger partial charge in [0, 0.05) is 30.5 Å². The second kappa shape index (κ2) is 8.83. The molecule has 2 aliphatic heterocycles. The number of fused-ring (bicyclic) bond motifs is 1. The van der Waals surface area contributed by atoms with Crippen LogP contribution in [-0.4, -0.2) is 80.3 Å². The molecule has 3 aromatic rings. The number of nitrogens with one attached hydrogen (secondary N) is 1. The van der Waals surface area contributed by atoms with E-state index in [-0.39, 0.29) is 36.0 Å². The highest BCUT2D eigenvalue weighted by molar-refractivity contribution is 6.32. The van der Waals surface area contributed by atoms with E-state index in [4.69, 9.17) is 16.3 Å². The van der Waals surface area contributed by atoms with Crippen molar-refractivity contribution in [1.82, 2.24) is 24.6 Å². The highest BCUT2D eigenvalue weighted by atomic mass is 35.5. The topological polar surface area (TPSA) is 88.3 Å². The molecule has 0 bridgehead atoms. The molecule has 6 rings (SSSR count). The first-order valence-electron chi connectivity index (χ1n) is 12.0. The zero-order chi connectivity index (χ0) is 25.2. The van der Waals surface area contributed by atoms with Gasteiger partial charge >= 0.3 is 0 Å². The number of likely N-dealkylation sites (tertiary alicyclic amines) is 1. The van der Waals surface area contributed by atoms with Crippen molar-refractivity contribution in [2.24, 2.45) is 0 Å². The summed E-state index contributed by atoms with van der Waals surface area (Å²) in [5.41, 5.74) is 2.83. The Bertz CT molecular complexity index is 1310. The van der Waals surface area contributed by atoms with Crippen LogP contribution < -0.4 is 5.32 Å². The SMILES string of the molecule is Cc1cc2cnc(Nc3cnn(C4CC4(F)F)c3Cl)nc2cc1[C@H]1CCN(C2COCC2O)C[C@@H]1F. The predicted octanol–water partition coefficient (Wildman–Crippen LogP) is 4.00. The number of anilines is 2. The van der Waals surface area contributed by atoms with Crippen molar-refractivity contribution >= 4 is 34.1 Å². The maximum absolute atomic E-state index is 15.4. The molecular weight excluding hydrogens is 497 g/mol. The van der Waals surface area contributed by atoms with Gasteiger partial charge in [-0.1, -0.05) is 11.6 Å². The Morgan fingerprint density at radius 3 is 2.75 bits per heavy atom. The average molecular weight is 523 g/mol. The Hall–Kier alpha value is -2.47. The number of piperidine rings is 1. The van der Waals surface area contributed by atoms with Crippen LogP contribution in [0.25, 0.3) is 10.9 Å². The van der Waals surface area contributed by atoms with Gasteiger partial charge in [-0.3, -0.25) is 4.90 Å². The lowest BCUT2D eigenvalue weighted by Gasteiger charge is -2.39. The van der Waals surface area contributed by atoms with Crippen molar-refractivity contribution in [2.45, 2.75) is 56.0 Å². The van der Waals surface area contributed by atoms with Gasteiger partial charge in [0.15, 0.2) is 5.15 Å². The number of aryl methyl sites for hydroxylation is 1. The quantitative estimate of drug-likeness (QED) is 0.523. The summed E-state index contributed by atoms with van der Waals surface area (Å²) in [6.45, 7) is 3.59. The molecule has 12 heteroatoms. The van der Waals surface area contributed by atoms with E-state index in [0.717, 1.165) is 21.2 Å². The van der Waals surface area contributed by atoms with E-state index in [1.165, 1.54) is 6.20 Å². The van der Waals surface area contributed by atoms with Gasteiger partial charge < -0.3 is 15.2 Å². The number of aliphatic hydroxyl groups is 1. The van der Waals surface area contributed by atoms with Crippen LogP contribution in [0.3, 0.4) is 0 Å². The van der Waals surface area contributed by atoms with E-state index in [9.17, 15) is 13.9 Å². The number of benzene rings is 1.